The molecule has 0 aliphatic heterocycles. The predicted molar refractivity (Wildman–Crippen MR) is 79.5 cm³/mol. The Morgan fingerprint density at radius 3 is 2.70 bits per heavy atom. The van der Waals surface area contributed by atoms with E-state index in [1.165, 1.54) is 0 Å². The third kappa shape index (κ3) is 2.39. The molecule has 5 nitrogen and oxygen atoms in total. The van der Waals surface area contributed by atoms with Gasteiger partial charge < -0.3 is 15.4 Å². The van der Waals surface area contributed by atoms with Crippen molar-refractivity contribution in [2.45, 2.75) is 18.8 Å². The Morgan fingerprint density at radius 1 is 1.25 bits per heavy atom. The summed E-state index contributed by atoms with van der Waals surface area (Å²) in [6.07, 6.45) is 2.31. The molecule has 0 amide bonds. The van der Waals surface area contributed by atoms with E-state index >= 15 is 0 Å². The minimum atomic E-state index is 0.475. The number of nitrogen functional groups attached to an aromatic ring is 1. The van der Waals surface area contributed by atoms with Crippen molar-refractivity contribution >= 4 is 17.3 Å². The van der Waals surface area contributed by atoms with Crippen LogP contribution in [0.2, 0.25) is 0 Å². The van der Waals surface area contributed by atoms with Crippen LogP contribution < -0.4 is 15.4 Å². The zero-order chi connectivity index (χ0) is 14.1. The van der Waals surface area contributed by atoms with Gasteiger partial charge in [0.25, 0.3) is 0 Å². The van der Waals surface area contributed by atoms with Gasteiger partial charge in [0.05, 0.1) is 12.8 Å². The number of hydrogen-bond acceptors (Lipinski definition) is 5. The first kappa shape index (κ1) is 12.7. The Hall–Kier alpha value is -2.30. The second-order valence-electron chi connectivity index (χ2n) is 5.01. The molecule has 1 aromatic carbocycles. The topological polar surface area (TPSA) is 64.3 Å². The molecule has 0 radical (unpaired) electrons. The highest BCUT2D eigenvalue weighted by Crippen LogP contribution is 2.39. The summed E-state index contributed by atoms with van der Waals surface area (Å²) < 4.78 is 5.39. The fourth-order valence-electron chi connectivity index (χ4n) is 2.20. The number of aromatic nitrogens is 2. The van der Waals surface area contributed by atoms with Crippen molar-refractivity contribution < 1.29 is 4.74 Å². The van der Waals surface area contributed by atoms with Gasteiger partial charge in [0, 0.05) is 19.0 Å². The third-order valence-corrected chi connectivity index (χ3v) is 3.48. The molecule has 0 spiro atoms. The van der Waals surface area contributed by atoms with Crippen LogP contribution in [0.5, 0.6) is 5.75 Å². The maximum Gasteiger partial charge on any atom is 0.142 e. The van der Waals surface area contributed by atoms with Crippen molar-refractivity contribution in [2.75, 3.05) is 24.8 Å². The molecule has 0 atom stereocenters. The van der Waals surface area contributed by atoms with Crippen LogP contribution in [0.25, 0.3) is 0 Å². The zero-order valence-corrected chi connectivity index (χ0v) is 11.7. The SMILES string of the molecule is COc1ccccc1N(C)c1cc(N)nc(C2CC2)n1. The molecule has 2 N–H and O–H groups in total. The first-order valence-corrected chi connectivity index (χ1v) is 6.70. The quantitative estimate of drug-likeness (QED) is 0.925. The maximum absolute atomic E-state index is 5.90. The second-order valence-corrected chi connectivity index (χ2v) is 5.01. The molecule has 1 fully saturated rings. The number of benzene rings is 1. The van der Waals surface area contributed by atoms with E-state index in [1.54, 1.807) is 13.2 Å². The van der Waals surface area contributed by atoms with E-state index in [-0.39, 0.29) is 0 Å². The summed E-state index contributed by atoms with van der Waals surface area (Å²) in [7, 11) is 3.62. The van der Waals surface area contributed by atoms with Crippen LogP contribution in [0.15, 0.2) is 30.3 Å². The number of rotatable bonds is 4. The van der Waals surface area contributed by atoms with Crippen LogP contribution in [0.4, 0.5) is 17.3 Å². The summed E-state index contributed by atoms with van der Waals surface area (Å²) in [6, 6.07) is 9.63. The summed E-state index contributed by atoms with van der Waals surface area (Å²) in [5, 5.41) is 0. The lowest BCUT2D eigenvalue weighted by Crippen LogP contribution is -2.14. The summed E-state index contributed by atoms with van der Waals surface area (Å²) in [4.78, 5) is 10.9. The van der Waals surface area contributed by atoms with Crippen LogP contribution in [0, 0.1) is 0 Å². The summed E-state index contributed by atoms with van der Waals surface area (Å²) >= 11 is 0. The van der Waals surface area contributed by atoms with E-state index in [0.717, 1.165) is 35.9 Å². The lowest BCUT2D eigenvalue weighted by atomic mass is 10.2. The Morgan fingerprint density at radius 2 is 2.00 bits per heavy atom. The van der Waals surface area contributed by atoms with Gasteiger partial charge in [-0.15, -0.1) is 0 Å². The van der Waals surface area contributed by atoms with E-state index in [2.05, 4.69) is 9.97 Å². The first-order valence-electron chi connectivity index (χ1n) is 6.70. The number of hydrogen-bond donors (Lipinski definition) is 1. The van der Waals surface area contributed by atoms with E-state index in [0.29, 0.717) is 11.7 Å². The Bertz CT molecular complexity index is 625. The number of para-hydroxylation sites is 2. The lowest BCUT2D eigenvalue weighted by molar-refractivity contribution is 0.415. The molecule has 1 aromatic heterocycles. The number of nitrogens with two attached hydrogens (primary N) is 1. The van der Waals surface area contributed by atoms with Crippen LogP contribution >= 0.6 is 0 Å². The minimum Gasteiger partial charge on any atom is -0.495 e. The smallest absolute Gasteiger partial charge is 0.142 e. The van der Waals surface area contributed by atoms with Crippen LogP contribution in [0.1, 0.15) is 24.6 Å². The lowest BCUT2D eigenvalue weighted by Gasteiger charge is -2.21. The van der Waals surface area contributed by atoms with Crippen molar-refractivity contribution in [3.05, 3.63) is 36.2 Å². The molecule has 1 aliphatic carbocycles. The highest BCUT2D eigenvalue weighted by Gasteiger charge is 2.27. The highest BCUT2D eigenvalue weighted by atomic mass is 16.5. The highest BCUT2D eigenvalue weighted by molar-refractivity contribution is 5.67. The second kappa shape index (κ2) is 5.00. The average molecular weight is 270 g/mol. The zero-order valence-electron chi connectivity index (χ0n) is 11.7. The van der Waals surface area contributed by atoms with E-state index in [9.17, 15) is 0 Å². The van der Waals surface area contributed by atoms with Gasteiger partial charge in [-0.05, 0) is 25.0 Å². The van der Waals surface area contributed by atoms with Crippen molar-refractivity contribution in [3.8, 4) is 5.75 Å². The Labute approximate surface area is 118 Å². The predicted octanol–water partition coefficient (Wildman–Crippen LogP) is 2.71. The van der Waals surface area contributed by atoms with Crippen molar-refractivity contribution in [1.82, 2.24) is 9.97 Å². The van der Waals surface area contributed by atoms with Crippen LogP contribution in [-0.2, 0) is 0 Å². The number of methoxy groups -OCH3 is 1. The molecule has 0 saturated heterocycles. The summed E-state index contributed by atoms with van der Waals surface area (Å²) in [5.41, 5.74) is 6.86. The monoisotopic (exact) mass is 270 g/mol. The molecular formula is C15H18N4O. The molecule has 1 aliphatic rings. The van der Waals surface area contributed by atoms with Crippen LogP contribution in [-0.4, -0.2) is 24.1 Å². The fraction of sp³-hybridized carbons (Fsp3) is 0.333. The number of nitrogens with zero attached hydrogens (tertiary/aromatic N) is 3. The van der Waals surface area contributed by atoms with Gasteiger partial charge in [-0.2, -0.15) is 0 Å². The van der Waals surface area contributed by atoms with Gasteiger partial charge in [0.15, 0.2) is 0 Å². The molecule has 5 heteroatoms. The molecule has 20 heavy (non-hydrogen) atoms. The summed E-state index contributed by atoms with van der Waals surface area (Å²) in [5.74, 6) is 3.44. The molecular weight excluding hydrogens is 252 g/mol. The van der Waals surface area contributed by atoms with Gasteiger partial charge >= 0.3 is 0 Å². The molecule has 1 saturated carbocycles. The van der Waals surface area contributed by atoms with E-state index in [4.69, 9.17) is 10.5 Å². The van der Waals surface area contributed by atoms with E-state index < -0.39 is 0 Å². The molecule has 2 aromatic rings. The molecule has 0 unspecified atom stereocenters. The van der Waals surface area contributed by atoms with Crippen LogP contribution in [0.3, 0.4) is 0 Å². The average Bonchev–Trinajstić information content (AvgIpc) is 3.30. The van der Waals surface area contributed by atoms with Gasteiger partial charge in [-0.25, -0.2) is 9.97 Å². The number of anilines is 3. The van der Waals surface area contributed by atoms with Crippen molar-refractivity contribution in [1.29, 1.82) is 0 Å². The van der Waals surface area contributed by atoms with E-state index in [1.807, 2.05) is 36.2 Å². The minimum absolute atomic E-state index is 0.475. The molecule has 3 rings (SSSR count). The first-order chi connectivity index (χ1) is 9.69. The maximum atomic E-state index is 5.90. The third-order valence-electron chi connectivity index (χ3n) is 3.48. The fourth-order valence-corrected chi connectivity index (χ4v) is 2.20. The van der Waals surface area contributed by atoms with Crippen molar-refractivity contribution in [2.24, 2.45) is 0 Å². The van der Waals surface area contributed by atoms with Crippen molar-refractivity contribution in [3.63, 3.8) is 0 Å². The van der Waals surface area contributed by atoms with Gasteiger partial charge in [0.1, 0.15) is 23.2 Å². The standard InChI is InChI=1S/C15H18N4O/c1-19(11-5-3-4-6-12(11)20-2)14-9-13(16)17-15(18-14)10-7-8-10/h3-6,9-10H,7-8H2,1-2H3,(H2,16,17,18). The normalized spacial score (nSPS) is 14.1. The van der Waals surface area contributed by atoms with Gasteiger partial charge in [0.2, 0.25) is 0 Å². The van der Waals surface area contributed by atoms with Gasteiger partial charge in [-0.1, -0.05) is 12.1 Å². The number of ether oxygens (including phenoxy) is 1. The molecule has 1 heterocycles. The Kier molecular flexibility index (Phi) is 3.18. The molecule has 0 bridgehead atoms. The largest absolute Gasteiger partial charge is 0.495 e. The molecule has 104 valence electrons. The summed E-state index contributed by atoms with van der Waals surface area (Å²) in [6.45, 7) is 0. The Balaban J connectivity index is 1.99. The van der Waals surface area contributed by atoms with Gasteiger partial charge in [-0.3, -0.25) is 0 Å².